The highest BCUT2D eigenvalue weighted by Gasteiger charge is 2.24. The van der Waals surface area contributed by atoms with Gasteiger partial charge in [-0.3, -0.25) is 0 Å². The Balaban J connectivity index is 2.15. The van der Waals surface area contributed by atoms with Crippen LogP contribution in [0.5, 0.6) is 0 Å². The third-order valence-electron chi connectivity index (χ3n) is 3.15. The molecule has 106 valence electrons. The molecular formula is C12H16F2N2O2S. The molecule has 0 saturated carbocycles. The van der Waals surface area contributed by atoms with Crippen molar-refractivity contribution in [2.75, 3.05) is 6.54 Å². The van der Waals surface area contributed by atoms with E-state index in [-0.39, 0.29) is 17.0 Å². The molecular weight excluding hydrogens is 274 g/mol. The predicted molar refractivity (Wildman–Crippen MR) is 67.2 cm³/mol. The zero-order chi connectivity index (χ0) is 14.0. The molecule has 1 aromatic carbocycles. The van der Waals surface area contributed by atoms with Crippen molar-refractivity contribution in [3.63, 3.8) is 0 Å². The lowest BCUT2D eigenvalue weighted by atomic mass is 10.0. The number of rotatable bonds is 3. The highest BCUT2D eigenvalue weighted by Crippen LogP contribution is 2.16. The van der Waals surface area contributed by atoms with Crippen LogP contribution in [-0.4, -0.2) is 27.0 Å². The van der Waals surface area contributed by atoms with E-state index < -0.39 is 21.7 Å². The number of benzene rings is 1. The molecule has 0 radical (unpaired) electrons. The lowest BCUT2D eigenvalue weighted by Crippen LogP contribution is -2.46. The number of piperidine rings is 1. The van der Waals surface area contributed by atoms with Gasteiger partial charge in [0.05, 0.1) is 4.90 Å². The first-order valence-corrected chi connectivity index (χ1v) is 7.57. The van der Waals surface area contributed by atoms with E-state index in [4.69, 9.17) is 0 Å². The number of halogens is 2. The van der Waals surface area contributed by atoms with E-state index >= 15 is 0 Å². The second-order valence-electron chi connectivity index (χ2n) is 4.77. The highest BCUT2D eigenvalue weighted by molar-refractivity contribution is 7.89. The van der Waals surface area contributed by atoms with Crippen LogP contribution in [0.25, 0.3) is 0 Å². The Hall–Kier alpha value is -1.05. The molecule has 1 aliphatic heterocycles. The van der Waals surface area contributed by atoms with E-state index in [0.29, 0.717) is 18.9 Å². The van der Waals surface area contributed by atoms with Crippen LogP contribution in [0.3, 0.4) is 0 Å². The fourth-order valence-electron chi connectivity index (χ4n) is 2.17. The molecule has 2 N–H and O–H groups in total. The lowest BCUT2D eigenvalue weighted by molar-refractivity contribution is 0.361. The first-order chi connectivity index (χ1) is 8.88. The van der Waals surface area contributed by atoms with Crippen molar-refractivity contribution in [2.45, 2.75) is 36.7 Å². The summed E-state index contributed by atoms with van der Waals surface area (Å²) in [5.41, 5.74) is 0. The average Bonchev–Trinajstić information content (AvgIpc) is 2.32. The quantitative estimate of drug-likeness (QED) is 0.884. The second-order valence-corrected chi connectivity index (χ2v) is 6.49. The molecule has 0 amide bonds. The maximum absolute atomic E-state index is 13.1. The van der Waals surface area contributed by atoms with Crippen LogP contribution in [0.15, 0.2) is 23.1 Å². The van der Waals surface area contributed by atoms with Gasteiger partial charge in [0.15, 0.2) is 11.6 Å². The Morgan fingerprint density at radius 3 is 2.68 bits per heavy atom. The van der Waals surface area contributed by atoms with Crippen molar-refractivity contribution >= 4 is 10.0 Å². The van der Waals surface area contributed by atoms with Gasteiger partial charge in [0, 0.05) is 12.1 Å². The van der Waals surface area contributed by atoms with E-state index in [1.807, 2.05) is 6.92 Å². The van der Waals surface area contributed by atoms with Gasteiger partial charge in [-0.1, -0.05) is 0 Å². The maximum atomic E-state index is 13.1. The van der Waals surface area contributed by atoms with Crippen molar-refractivity contribution in [3.05, 3.63) is 29.8 Å². The number of hydrogen-bond donors (Lipinski definition) is 2. The van der Waals surface area contributed by atoms with Crippen LogP contribution in [0.2, 0.25) is 0 Å². The Kier molecular flexibility index (Phi) is 4.17. The minimum absolute atomic E-state index is 0.186. The monoisotopic (exact) mass is 290 g/mol. The predicted octanol–water partition coefficient (Wildman–Crippen LogP) is 1.38. The minimum Gasteiger partial charge on any atom is -0.314 e. The fraction of sp³-hybridized carbons (Fsp3) is 0.500. The van der Waals surface area contributed by atoms with Crippen LogP contribution in [0, 0.1) is 11.6 Å². The van der Waals surface area contributed by atoms with Gasteiger partial charge < -0.3 is 5.32 Å². The summed E-state index contributed by atoms with van der Waals surface area (Å²) in [6, 6.07) is 2.61. The third-order valence-corrected chi connectivity index (χ3v) is 4.67. The summed E-state index contributed by atoms with van der Waals surface area (Å²) in [5, 5.41) is 3.21. The van der Waals surface area contributed by atoms with Gasteiger partial charge in [0.25, 0.3) is 0 Å². The smallest absolute Gasteiger partial charge is 0.240 e. The van der Waals surface area contributed by atoms with Gasteiger partial charge in [-0.05, 0) is 44.5 Å². The van der Waals surface area contributed by atoms with Crippen LogP contribution in [-0.2, 0) is 10.0 Å². The van der Waals surface area contributed by atoms with Crippen molar-refractivity contribution in [1.29, 1.82) is 0 Å². The van der Waals surface area contributed by atoms with Gasteiger partial charge in [-0.2, -0.15) is 0 Å². The average molecular weight is 290 g/mol. The summed E-state index contributed by atoms with van der Waals surface area (Å²) in [4.78, 5) is -0.252. The van der Waals surface area contributed by atoms with E-state index in [1.165, 1.54) is 0 Å². The fourth-order valence-corrected chi connectivity index (χ4v) is 3.47. The summed E-state index contributed by atoms with van der Waals surface area (Å²) in [6.07, 6.45) is 1.34. The van der Waals surface area contributed by atoms with Crippen LogP contribution in [0.1, 0.15) is 19.8 Å². The lowest BCUT2D eigenvalue weighted by Gasteiger charge is -2.28. The molecule has 19 heavy (non-hydrogen) atoms. The highest BCUT2D eigenvalue weighted by atomic mass is 32.2. The van der Waals surface area contributed by atoms with Crippen molar-refractivity contribution in [2.24, 2.45) is 0 Å². The van der Waals surface area contributed by atoms with E-state index in [1.54, 1.807) is 0 Å². The van der Waals surface area contributed by atoms with Gasteiger partial charge in [0.1, 0.15) is 0 Å². The topological polar surface area (TPSA) is 58.2 Å². The zero-order valence-corrected chi connectivity index (χ0v) is 11.3. The number of sulfonamides is 1. The van der Waals surface area contributed by atoms with Gasteiger partial charge in [-0.25, -0.2) is 21.9 Å². The molecule has 1 saturated heterocycles. The number of hydrogen-bond acceptors (Lipinski definition) is 3. The molecule has 2 atom stereocenters. The molecule has 0 aliphatic carbocycles. The SMILES string of the molecule is CC1CC(NS(=O)(=O)c2ccc(F)c(F)c2)CCN1. The molecule has 1 heterocycles. The third kappa shape index (κ3) is 3.49. The standard InChI is InChI=1S/C12H16F2N2O2S/c1-8-6-9(4-5-15-8)16-19(17,18)10-2-3-11(13)12(14)7-10/h2-3,7-9,15-16H,4-6H2,1H3. The molecule has 1 fully saturated rings. The summed E-state index contributed by atoms with van der Waals surface area (Å²) in [5.74, 6) is -2.23. The molecule has 0 bridgehead atoms. The van der Waals surface area contributed by atoms with Crippen molar-refractivity contribution in [3.8, 4) is 0 Å². The first kappa shape index (κ1) is 14.4. The van der Waals surface area contributed by atoms with Gasteiger partial charge in [-0.15, -0.1) is 0 Å². The Morgan fingerprint density at radius 1 is 1.32 bits per heavy atom. The maximum Gasteiger partial charge on any atom is 0.240 e. The molecule has 7 heteroatoms. The second kappa shape index (κ2) is 5.52. The van der Waals surface area contributed by atoms with Gasteiger partial charge >= 0.3 is 0 Å². The van der Waals surface area contributed by atoms with Crippen molar-refractivity contribution < 1.29 is 17.2 Å². The Labute approximate surface area is 111 Å². The van der Waals surface area contributed by atoms with E-state index in [9.17, 15) is 17.2 Å². The molecule has 0 spiro atoms. The van der Waals surface area contributed by atoms with Crippen LogP contribution >= 0.6 is 0 Å². The summed E-state index contributed by atoms with van der Waals surface area (Å²) in [6.45, 7) is 2.70. The first-order valence-electron chi connectivity index (χ1n) is 6.09. The minimum atomic E-state index is -3.81. The summed E-state index contributed by atoms with van der Waals surface area (Å²) < 4.78 is 52.5. The van der Waals surface area contributed by atoms with E-state index in [0.717, 1.165) is 18.7 Å². The summed E-state index contributed by atoms with van der Waals surface area (Å²) >= 11 is 0. The molecule has 2 unspecified atom stereocenters. The molecule has 4 nitrogen and oxygen atoms in total. The van der Waals surface area contributed by atoms with E-state index in [2.05, 4.69) is 10.0 Å². The molecule has 1 aliphatic rings. The normalized spacial score (nSPS) is 24.4. The Bertz CT molecular complexity index is 563. The molecule has 2 rings (SSSR count). The van der Waals surface area contributed by atoms with Crippen molar-refractivity contribution in [1.82, 2.24) is 10.0 Å². The summed E-state index contributed by atoms with van der Waals surface area (Å²) in [7, 11) is -3.81. The zero-order valence-electron chi connectivity index (χ0n) is 10.5. The number of nitrogens with one attached hydrogen (secondary N) is 2. The Morgan fingerprint density at radius 2 is 2.05 bits per heavy atom. The van der Waals surface area contributed by atoms with Gasteiger partial charge in [0.2, 0.25) is 10.0 Å². The molecule has 1 aromatic rings. The van der Waals surface area contributed by atoms with Crippen LogP contribution in [0.4, 0.5) is 8.78 Å². The van der Waals surface area contributed by atoms with Crippen LogP contribution < -0.4 is 10.0 Å². The molecule has 0 aromatic heterocycles. The largest absolute Gasteiger partial charge is 0.314 e.